The van der Waals surface area contributed by atoms with E-state index in [1.807, 2.05) is 6.92 Å². The average Bonchev–Trinajstić information content (AvgIpc) is 2.43. The van der Waals surface area contributed by atoms with Crippen molar-refractivity contribution in [3.8, 4) is 0 Å². The van der Waals surface area contributed by atoms with E-state index in [4.69, 9.17) is 5.11 Å². The molecule has 1 atom stereocenters. The van der Waals surface area contributed by atoms with Crippen LogP contribution in [0, 0.1) is 5.92 Å². The second kappa shape index (κ2) is 6.93. The lowest BCUT2D eigenvalue weighted by molar-refractivity contribution is 0.0697. The van der Waals surface area contributed by atoms with Gasteiger partial charge in [-0.15, -0.1) is 0 Å². The van der Waals surface area contributed by atoms with E-state index in [0.717, 1.165) is 5.56 Å². The van der Waals surface area contributed by atoms with Crippen LogP contribution in [0.25, 0.3) is 0 Å². The van der Waals surface area contributed by atoms with Crippen LogP contribution in [0.1, 0.15) is 36.7 Å². The van der Waals surface area contributed by atoms with Gasteiger partial charge in [0.2, 0.25) is 0 Å². The molecule has 2 N–H and O–H groups in total. The summed E-state index contributed by atoms with van der Waals surface area (Å²) in [6.45, 7) is 6.53. The fraction of sp³-hybridized carbons (Fsp3) is 0.467. The zero-order chi connectivity index (χ0) is 15.3. The first kappa shape index (κ1) is 16.0. The molecule has 2 amide bonds. The standard InChI is InChI=1S/C15H22N2O3/c1-10(2)11(3)17(4)15(20)16-9-12-5-7-13(8-6-12)14(18)19/h5-8,10-11H,9H2,1-4H3,(H,16,20)(H,18,19). The smallest absolute Gasteiger partial charge is 0.335 e. The molecule has 1 unspecified atom stereocenters. The molecule has 5 nitrogen and oxygen atoms in total. The lowest BCUT2D eigenvalue weighted by Gasteiger charge is -2.28. The number of carboxylic acids is 1. The van der Waals surface area contributed by atoms with E-state index in [9.17, 15) is 9.59 Å². The molecule has 1 rings (SSSR count). The summed E-state index contributed by atoms with van der Waals surface area (Å²) in [5.74, 6) is -0.563. The molecule has 5 heteroatoms. The van der Waals surface area contributed by atoms with Crippen molar-refractivity contribution in [3.63, 3.8) is 0 Å². The number of carbonyl (C=O) groups excluding carboxylic acids is 1. The third-order valence-electron chi connectivity index (χ3n) is 3.54. The Bertz CT molecular complexity index is 469. The molecule has 0 aliphatic rings. The summed E-state index contributed by atoms with van der Waals surface area (Å²) in [4.78, 5) is 24.4. The van der Waals surface area contributed by atoms with Crippen LogP contribution < -0.4 is 5.32 Å². The van der Waals surface area contributed by atoms with Crippen LogP contribution in [0.4, 0.5) is 4.79 Å². The molecule has 110 valence electrons. The SMILES string of the molecule is CC(C)C(C)N(C)C(=O)NCc1ccc(C(=O)O)cc1. The van der Waals surface area contributed by atoms with Crippen LogP contribution in [0.15, 0.2) is 24.3 Å². The maximum absolute atomic E-state index is 12.0. The highest BCUT2D eigenvalue weighted by molar-refractivity contribution is 5.87. The predicted molar refractivity (Wildman–Crippen MR) is 77.7 cm³/mol. The summed E-state index contributed by atoms with van der Waals surface area (Å²) in [6.07, 6.45) is 0. The molecular formula is C15H22N2O3. The monoisotopic (exact) mass is 278 g/mol. The number of nitrogens with one attached hydrogen (secondary N) is 1. The maximum atomic E-state index is 12.0. The van der Waals surface area contributed by atoms with Gasteiger partial charge in [-0.2, -0.15) is 0 Å². The summed E-state index contributed by atoms with van der Waals surface area (Å²) < 4.78 is 0. The number of nitrogens with zero attached hydrogens (tertiary/aromatic N) is 1. The molecule has 0 spiro atoms. The number of carbonyl (C=O) groups is 2. The van der Waals surface area contributed by atoms with E-state index in [1.165, 1.54) is 12.1 Å². The first-order valence-electron chi connectivity index (χ1n) is 6.65. The van der Waals surface area contributed by atoms with Crippen LogP contribution in [-0.2, 0) is 6.54 Å². The molecule has 0 bridgehead atoms. The quantitative estimate of drug-likeness (QED) is 0.869. The number of carboxylic acid groups (broad SMARTS) is 1. The number of rotatable bonds is 5. The summed E-state index contributed by atoms with van der Waals surface area (Å²) in [5, 5.41) is 11.6. The highest BCUT2D eigenvalue weighted by atomic mass is 16.4. The predicted octanol–water partition coefficient (Wildman–Crippen LogP) is 2.57. The Kier molecular flexibility index (Phi) is 5.55. The third kappa shape index (κ3) is 4.26. The van der Waals surface area contributed by atoms with Gasteiger partial charge < -0.3 is 15.3 Å². The van der Waals surface area contributed by atoms with Crippen molar-refractivity contribution < 1.29 is 14.7 Å². The molecule has 0 radical (unpaired) electrons. The summed E-state index contributed by atoms with van der Waals surface area (Å²) in [7, 11) is 1.77. The molecule has 1 aromatic rings. The van der Waals surface area contributed by atoms with Gasteiger partial charge in [0.1, 0.15) is 0 Å². The van der Waals surface area contributed by atoms with Crippen molar-refractivity contribution in [3.05, 3.63) is 35.4 Å². The van der Waals surface area contributed by atoms with Gasteiger partial charge in [0.25, 0.3) is 0 Å². The highest BCUT2D eigenvalue weighted by Crippen LogP contribution is 2.09. The number of hydrogen-bond acceptors (Lipinski definition) is 2. The number of aromatic carboxylic acids is 1. The summed E-state index contributed by atoms with van der Waals surface area (Å²) in [6, 6.07) is 6.50. The lowest BCUT2D eigenvalue weighted by Crippen LogP contribution is -2.44. The van der Waals surface area contributed by atoms with Crippen LogP contribution in [0.5, 0.6) is 0 Å². The molecule has 20 heavy (non-hydrogen) atoms. The molecule has 1 aromatic carbocycles. The summed E-state index contributed by atoms with van der Waals surface area (Å²) >= 11 is 0. The fourth-order valence-electron chi connectivity index (χ4n) is 1.70. The van der Waals surface area contributed by atoms with Crippen LogP contribution in [0.3, 0.4) is 0 Å². The Balaban J connectivity index is 2.54. The zero-order valence-corrected chi connectivity index (χ0v) is 12.4. The van der Waals surface area contributed by atoms with Gasteiger partial charge in [-0.25, -0.2) is 9.59 Å². The van der Waals surface area contributed by atoms with E-state index in [2.05, 4.69) is 19.2 Å². The first-order chi connectivity index (χ1) is 9.32. The van der Waals surface area contributed by atoms with Gasteiger partial charge in [0.15, 0.2) is 0 Å². The van der Waals surface area contributed by atoms with Gasteiger partial charge in [-0.05, 0) is 30.5 Å². The molecular weight excluding hydrogens is 256 g/mol. The Hall–Kier alpha value is -2.04. The molecule has 0 aromatic heterocycles. The Morgan fingerprint density at radius 2 is 1.75 bits per heavy atom. The van der Waals surface area contributed by atoms with Crippen LogP contribution in [-0.4, -0.2) is 35.1 Å². The zero-order valence-electron chi connectivity index (χ0n) is 12.4. The third-order valence-corrected chi connectivity index (χ3v) is 3.54. The first-order valence-corrected chi connectivity index (χ1v) is 6.65. The Morgan fingerprint density at radius 3 is 2.20 bits per heavy atom. The number of urea groups is 1. The minimum Gasteiger partial charge on any atom is -0.478 e. The Morgan fingerprint density at radius 1 is 1.20 bits per heavy atom. The van der Waals surface area contributed by atoms with Gasteiger partial charge in [-0.3, -0.25) is 0 Å². The van der Waals surface area contributed by atoms with E-state index >= 15 is 0 Å². The van der Waals surface area contributed by atoms with Gasteiger partial charge in [-0.1, -0.05) is 26.0 Å². The van der Waals surface area contributed by atoms with Gasteiger partial charge in [0.05, 0.1) is 5.56 Å². The normalized spacial score (nSPS) is 12.1. The Labute approximate surface area is 119 Å². The van der Waals surface area contributed by atoms with E-state index in [1.54, 1.807) is 24.1 Å². The van der Waals surface area contributed by atoms with Crippen LogP contribution >= 0.6 is 0 Å². The van der Waals surface area contributed by atoms with Crippen molar-refractivity contribution in [2.24, 2.45) is 5.92 Å². The molecule has 0 heterocycles. The highest BCUT2D eigenvalue weighted by Gasteiger charge is 2.17. The number of amides is 2. The second-order valence-corrected chi connectivity index (χ2v) is 5.26. The average molecular weight is 278 g/mol. The topological polar surface area (TPSA) is 69.6 Å². The van der Waals surface area contributed by atoms with Crippen molar-refractivity contribution >= 4 is 12.0 Å². The van der Waals surface area contributed by atoms with Crippen LogP contribution in [0.2, 0.25) is 0 Å². The minimum absolute atomic E-state index is 0.131. The van der Waals surface area contributed by atoms with Crippen molar-refractivity contribution in [2.75, 3.05) is 7.05 Å². The lowest BCUT2D eigenvalue weighted by atomic mass is 10.1. The molecule has 0 fully saturated rings. The van der Waals surface area contributed by atoms with E-state index in [-0.39, 0.29) is 17.6 Å². The fourth-order valence-corrected chi connectivity index (χ4v) is 1.70. The van der Waals surface area contributed by atoms with Gasteiger partial charge >= 0.3 is 12.0 Å². The molecule has 0 aliphatic heterocycles. The number of hydrogen-bond donors (Lipinski definition) is 2. The molecule has 0 saturated carbocycles. The molecule has 0 aliphatic carbocycles. The van der Waals surface area contributed by atoms with Crippen molar-refractivity contribution in [1.82, 2.24) is 10.2 Å². The number of benzene rings is 1. The van der Waals surface area contributed by atoms with Gasteiger partial charge in [0, 0.05) is 19.6 Å². The van der Waals surface area contributed by atoms with E-state index < -0.39 is 5.97 Å². The van der Waals surface area contributed by atoms with Crippen molar-refractivity contribution in [1.29, 1.82) is 0 Å². The molecule has 0 saturated heterocycles. The summed E-state index contributed by atoms with van der Waals surface area (Å²) in [5.41, 5.74) is 1.11. The largest absolute Gasteiger partial charge is 0.478 e. The minimum atomic E-state index is -0.953. The maximum Gasteiger partial charge on any atom is 0.335 e. The van der Waals surface area contributed by atoms with Crippen molar-refractivity contribution in [2.45, 2.75) is 33.4 Å². The second-order valence-electron chi connectivity index (χ2n) is 5.26. The van der Waals surface area contributed by atoms with E-state index in [0.29, 0.717) is 12.5 Å².